The van der Waals surface area contributed by atoms with Crippen LogP contribution in [-0.2, 0) is 20.8 Å². The standard InChI is InChI=1S/2C23H19.C2H6Si.2ClH.Zr/c2*1-16-14-19-13-12-17(2)23(22(19)15-16)21-11-7-6-10-20(21)18-8-4-3-5-9-18;1-3-2;;;/h2*3-15H,1-2H3;1-2H3;2*1H;/q2*-1;;;;+4/p-2. The Labute approximate surface area is 331 Å². The van der Waals surface area contributed by atoms with E-state index in [9.17, 15) is 0 Å². The van der Waals surface area contributed by atoms with Gasteiger partial charge >= 0.3 is 37.9 Å². The van der Waals surface area contributed by atoms with Gasteiger partial charge in [0.2, 0.25) is 0 Å². The van der Waals surface area contributed by atoms with Gasteiger partial charge in [-0.1, -0.05) is 158 Å². The molecule has 0 aliphatic rings. The fourth-order valence-corrected chi connectivity index (χ4v) is 6.94. The molecule has 52 heavy (non-hydrogen) atoms. The second-order valence-corrected chi connectivity index (χ2v) is 17.7. The van der Waals surface area contributed by atoms with E-state index >= 15 is 0 Å². The molecule has 8 aromatic carbocycles. The van der Waals surface area contributed by atoms with Crippen LogP contribution in [0, 0.1) is 27.7 Å². The summed E-state index contributed by atoms with van der Waals surface area (Å²) >= 11 is -0.826. The van der Waals surface area contributed by atoms with Gasteiger partial charge in [-0.05, 0) is 47.2 Å². The van der Waals surface area contributed by atoms with Crippen molar-refractivity contribution in [2.45, 2.75) is 40.8 Å². The molecule has 4 heteroatoms. The Morgan fingerprint density at radius 1 is 0.442 bits per heavy atom. The minimum absolute atomic E-state index is 0.826. The summed E-state index contributed by atoms with van der Waals surface area (Å²) in [5.74, 6) is 0. The van der Waals surface area contributed by atoms with Gasteiger partial charge in [0.1, 0.15) is 0 Å². The average molecular weight is 811 g/mol. The van der Waals surface area contributed by atoms with Crippen molar-refractivity contribution in [2.24, 2.45) is 0 Å². The third-order valence-corrected chi connectivity index (χ3v) is 9.05. The molecule has 0 bridgehead atoms. The summed E-state index contributed by atoms with van der Waals surface area (Å²) in [6, 6.07) is 56.8. The van der Waals surface area contributed by atoms with Crippen molar-refractivity contribution in [3.63, 3.8) is 0 Å². The summed E-state index contributed by atoms with van der Waals surface area (Å²) in [5, 5.41) is 5.36. The van der Waals surface area contributed by atoms with Gasteiger partial charge in [-0.15, -0.1) is 69.1 Å². The molecule has 2 radical (unpaired) electrons. The molecule has 0 unspecified atom stereocenters. The normalized spacial score (nSPS) is 10.3. The first-order chi connectivity index (χ1) is 25.3. The second kappa shape index (κ2) is 19.3. The molecule has 0 aromatic heterocycles. The van der Waals surface area contributed by atoms with Crippen LogP contribution in [0.15, 0.2) is 158 Å². The van der Waals surface area contributed by atoms with E-state index in [1.165, 1.54) is 88.3 Å². The Hall–Kier alpha value is -3.78. The van der Waals surface area contributed by atoms with Crippen LogP contribution in [0.25, 0.3) is 66.1 Å². The van der Waals surface area contributed by atoms with Crippen molar-refractivity contribution in [1.29, 1.82) is 0 Å². The molecule has 0 amide bonds. The molecule has 0 heterocycles. The molecule has 0 saturated carbocycles. The molecule has 0 aliphatic carbocycles. The van der Waals surface area contributed by atoms with Crippen LogP contribution in [0.3, 0.4) is 0 Å². The van der Waals surface area contributed by atoms with Crippen LogP contribution in [0.2, 0.25) is 13.1 Å². The molecular weight excluding hydrogens is 767 g/mol. The van der Waals surface area contributed by atoms with E-state index < -0.39 is 20.8 Å². The number of rotatable bonds is 4. The van der Waals surface area contributed by atoms with Gasteiger partial charge in [0.25, 0.3) is 0 Å². The molecule has 8 aromatic rings. The topological polar surface area (TPSA) is 0 Å². The van der Waals surface area contributed by atoms with E-state index in [4.69, 9.17) is 17.0 Å². The maximum absolute atomic E-state index is 4.93. The number of hydrogen-bond donors (Lipinski definition) is 0. The minimum atomic E-state index is -0.826. The van der Waals surface area contributed by atoms with Gasteiger partial charge in [-0.3, -0.25) is 0 Å². The zero-order valence-electron chi connectivity index (χ0n) is 30.8. The van der Waals surface area contributed by atoms with Gasteiger partial charge < -0.3 is 0 Å². The Balaban J connectivity index is 0.000000175. The molecule has 0 atom stereocenters. The molecule has 8 rings (SSSR count). The number of aryl methyl sites for hydroxylation is 4. The van der Waals surface area contributed by atoms with Crippen LogP contribution in [0.1, 0.15) is 22.3 Å². The van der Waals surface area contributed by atoms with Crippen molar-refractivity contribution in [3.05, 3.63) is 180 Å². The molecule has 0 fully saturated rings. The van der Waals surface area contributed by atoms with Gasteiger partial charge in [0.05, 0.1) is 0 Å². The van der Waals surface area contributed by atoms with E-state index in [2.05, 4.69) is 199 Å². The second-order valence-electron chi connectivity index (χ2n) is 13.0. The van der Waals surface area contributed by atoms with E-state index in [0.29, 0.717) is 0 Å². The monoisotopic (exact) mass is 808 g/mol. The Morgan fingerprint density at radius 3 is 1.10 bits per heavy atom. The van der Waals surface area contributed by atoms with E-state index in [1.807, 2.05) is 0 Å². The van der Waals surface area contributed by atoms with Crippen LogP contribution in [0.4, 0.5) is 0 Å². The zero-order chi connectivity index (χ0) is 37.0. The molecule has 258 valence electrons. The summed E-state index contributed by atoms with van der Waals surface area (Å²) in [6.45, 7) is 13.1. The summed E-state index contributed by atoms with van der Waals surface area (Å²) in [5.41, 5.74) is 15.8. The number of benzene rings is 6. The fraction of sp³-hybridized carbons (Fsp3) is 0.125. The first-order valence-corrected chi connectivity index (χ1v) is 25.8. The fourth-order valence-electron chi connectivity index (χ4n) is 6.94. The van der Waals surface area contributed by atoms with Gasteiger partial charge in [-0.25, -0.2) is 0 Å². The summed E-state index contributed by atoms with van der Waals surface area (Å²) in [4.78, 5) is 0. The van der Waals surface area contributed by atoms with Crippen molar-refractivity contribution in [2.75, 3.05) is 0 Å². The van der Waals surface area contributed by atoms with Crippen molar-refractivity contribution in [3.8, 4) is 44.5 Å². The maximum atomic E-state index is 4.93. The van der Waals surface area contributed by atoms with E-state index in [1.54, 1.807) is 0 Å². The van der Waals surface area contributed by atoms with E-state index in [0.717, 1.165) is 9.52 Å². The third-order valence-electron chi connectivity index (χ3n) is 9.05. The molecular formula is C48H44Cl2SiZr. The molecule has 0 nitrogen and oxygen atoms in total. The van der Waals surface area contributed by atoms with Crippen LogP contribution in [0.5, 0.6) is 0 Å². The van der Waals surface area contributed by atoms with Crippen molar-refractivity contribution < 1.29 is 20.8 Å². The summed E-state index contributed by atoms with van der Waals surface area (Å²) in [7, 11) is 11.0. The third kappa shape index (κ3) is 9.41. The Morgan fingerprint density at radius 2 is 0.750 bits per heavy atom. The molecule has 0 N–H and O–H groups in total. The van der Waals surface area contributed by atoms with Gasteiger partial charge in [0.15, 0.2) is 0 Å². The SMILES string of the molecule is C[Si]C.Cc1cc2c(-c3ccccc3-c3ccccc3)c(C)ccc2[cH-]1.Cc1cc2c(-c3ccccc3-c3ccccc3)c(C)ccc2[cH-]1.[Cl][Zr+2][Cl]. The van der Waals surface area contributed by atoms with Gasteiger partial charge in [0, 0.05) is 9.52 Å². The number of halogens is 2. The first kappa shape index (κ1) is 39.4. The van der Waals surface area contributed by atoms with Crippen LogP contribution >= 0.6 is 17.0 Å². The number of fused-ring (bicyclic) bond motifs is 2. The Bertz CT molecular complexity index is 2170. The van der Waals surface area contributed by atoms with Crippen LogP contribution < -0.4 is 0 Å². The molecule has 0 spiro atoms. The summed E-state index contributed by atoms with van der Waals surface area (Å²) < 4.78 is 0. The quantitative estimate of drug-likeness (QED) is 0.123. The Kier molecular flexibility index (Phi) is 14.7. The zero-order valence-corrected chi connectivity index (χ0v) is 35.7. The van der Waals surface area contributed by atoms with E-state index in [-0.39, 0.29) is 0 Å². The van der Waals surface area contributed by atoms with Crippen LogP contribution in [-0.4, -0.2) is 9.52 Å². The first-order valence-electron chi connectivity index (χ1n) is 17.5. The van der Waals surface area contributed by atoms with Crippen molar-refractivity contribution >= 4 is 48.1 Å². The summed E-state index contributed by atoms with van der Waals surface area (Å²) in [6.07, 6.45) is 0. The predicted octanol–water partition coefficient (Wildman–Crippen LogP) is 15.2. The average Bonchev–Trinajstić information content (AvgIpc) is 3.74. The van der Waals surface area contributed by atoms with Crippen molar-refractivity contribution in [1.82, 2.24) is 0 Å². The molecule has 0 saturated heterocycles. The molecule has 0 aliphatic heterocycles. The predicted molar refractivity (Wildman–Crippen MR) is 229 cm³/mol. The number of hydrogen-bond acceptors (Lipinski definition) is 0. The van der Waals surface area contributed by atoms with Gasteiger partial charge in [-0.2, -0.15) is 12.1 Å².